The van der Waals surface area contributed by atoms with Crippen LogP contribution in [0.5, 0.6) is 0 Å². The summed E-state index contributed by atoms with van der Waals surface area (Å²) >= 11 is 0. The number of esters is 1. The van der Waals surface area contributed by atoms with Crippen LogP contribution in [0.4, 0.5) is 0 Å². The van der Waals surface area contributed by atoms with E-state index in [1.807, 2.05) is 0 Å². The smallest absolute Gasteiger partial charge is 0.305 e. The fourth-order valence-corrected chi connectivity index (χ4v) is 6.19. The highest BCUT2D eigenvalue weighted by Crippen LogP contribution is 2.12. The first-order chi connectivity index (χ1) is 24.2. The maximum absolute atomic E-state index is 11.8. The van der Waals surface area contributed by atoms with E-state index in [1.54, 1.807) is 0 Å². The van der Waals surface area contributed by atoms with E-state index in [2.05, 4.69) is 45.1 Å². The summed E-state index contributed by atoms with van der Waals surface area (Å²) in [6, 6.07) is 0. The van der Waals surface area contributed by atoms with Crippen molar-refractivity contribution in [2.75, 3.05) is 13.2 Å². The zero-order valence-corrected chi connectivity index (χ0v) is 33.9. The Balaban J connectivity index is 0. The minimum Gasteiger partial charge on any atom is -0.466 e. The van der Waals surface area contributed by atoms with Crippen LogP contribution in [-0.4, -0.2) is 24.3 Å². The molecule has 0 aliphatic heterocycles. The van der Waals surface area contributed by atoms with Gasteiger partial charge >= 0.3 is 5.97 Å². The third-order valence-electron chi connectivity index (χ3n) is 9.57. The summed E-state index contributed by atoms with van der Waals surface area (Å²) in [5, 5.41) is 8.66. The summed E-state index contributed by atoms with van der Waals surface area (Å²) in [5.41, 5.74) is 0. The molecule has 0 aliphatic rings. The highest BCUT2D eigenvalue weighted by atomic mass is 16.5. The fourth-order valence-electron chi connectivity index (χ4n) is 6.19. The van der Waals surface area contributed by atoms with E-state index in [9.17, 15) is 4.79 Å². The predicted octanol–water partition coefficient (Wildman–Crippen LogP) is 15.7. The molecule has 0 aliphatic carbocycles. The van der Waals surface area contributed by atoms with Crippen molar-refractivity contribution in [2.24, 2.45) is 0 Å². The molecule has 3 nitrogen and oxygen atoms in total. The molecule has 0 aromatic heterocycles. The number of allylic oxidation sites excluding steroid dienone is 4. The summed E-state index contributed by atoms with van der Waals surface area (Å²) in [7, 11) is 0. The van der Waals surface area contributed by atoms with E-state index < -0.39 is 0 Å². The highest BCUT2D eigenvalue weighted by molar-refractivity contribution is 5.69. The molecule has 3 heteroatoms. The number of aliphatic hydroxyl groups is 1. The van der Waals surface area contributed by atoms with Gasteiger partial charge in [-0.05, 0) is 70.6 Å². The minimum absolute atomic E-state index is 0.00979. The van der Waals surface area contributed by atoms with Crippen molar-refractivity contribution < 1.29 is 14.6 Å². The molecule has 49 heavy (non-hydrogen) atoms. The van der Waals surface area contributed by atoms with Crippen molar-refractivity contribution in [3.8, 4) is 0 Å². The van der Waals surface area contributed by atoms with Crippen LogP contribution in [0.15, 0.2) is 24.3 Å². The van der Waals surface area contributed by atoms with Crippen molar-refractivity contribution in [3.63, 3.8) is 0 Å². The van der Waals surface area contributed by atoms with Crippen LogP contribution >= 0.6 is 0 Å². The average Bonchev–Trinajstić information content (AvgIpc) is 3.11. The first kappa shape index (κ1) is 50.0. The van der Waals surface area contributed by atoms with Gasteiger partial charge < -0.3 is 9.84 Å². The molecule has 0 fully saturated rings. The van der Waals surface area contributed by atoms with Gasteiger partial charge in [-0.15, -0.1) is 0 Å². The van der Waals surface area contributed by atoms with Gasteiger partial charge in [-0.2, -0.15) is 0 Å². The lowest BCUT2D eigenvalue weighted by Crippen LogP contribution is -2.05. The summed E-state index contributed by atoms with van der Waals surface area (Å²) in [4.78, 5) is 11.8. The van der Waals surface area contributed by atoms with Crippen LogP contribution in [0, 0.1) is 0 Å². The molecule has 0 aromatic carbocycles. The molecule has 0 spiro atoms. The molecule has 0 saturated carbocycles. The van der Waals surface area contributed by atoms with Gasteiger partial charge in [-0.1, -0.05) is 199 Å². The third kappa shape index (κ3) is 51.4. The molecule has 1 N–H and O–H groups in total. The Morgan fingerprint density at radius 2 is 0.673 bits per heavy atom. The maximum Gasteiger partial charge on any atom is 0.305 e. The van der Waals surface area contributed by atoms with Gasteiger partial charge in [0, 0.05) is 13.0 Å². The number of ether oxygens (including phenoxy) is 1. The molecule has 0 rings (SSSR count). The predicted molar refractivity (Wildman–Crippen MR) is 220 cm³/mol. The van der Waals surface area contributed by atoms with Crippen LogP contribution in [0.2, 0.25) is 0 Å². The lowest BCUT2D eigenvalue weighted by molar-refractivity contribution is -0.143. The van der Waals surface area contributed by atoms with Crippen LogP contribution in [0.25, 0.3) is 0 Å². The molecule has 0 radical (unpaired) electrons. The third-order valence-corrected chi connectivity index (χ3v) is 9.57. The van der Waals surface area contributed by atoms with Gasteiger partial charge in [0.2, 0.25) is 0 Å². The van der Waals surface area contributed by atoms with Crippen molar-refractivity contribution in [3.05, 3.63) is 24.3 Å². The minimum atomic E-state index is 0.00979. The second-order valence-corrected chi connectivity index (χ2v) is 14.7. The fraction of sp³-hybridized carbons (Fsp3) is 0.891. The number of carbonyl (C=O) groups is 1. The average molecular weight is 691 g/mol. The Bertz CT molecular complexity index is 640. The molecular formula is C46H90O3. The molecule has 0 aromatic rings. The van der Waals surface area contributed by atoms with Gasteiger partial charge in [0.25, 0.3) is 0 Å². The molecule has 0 amide bonds. The Hall–Kier alpha value is -1.09. The Labute approximate surface area is 309 Å². The summed E-state index contributed by atoms with van der Waals surface area (Å²) < 4.78 is 5.36. The number of aliphatic hydroxyl groups excluding tert-OH is 1. The highest BCUT2D eigenvalue weighted by Gasteiger charge is 2.02. The van der Waals surface area contributed by atoms with E-state index in [-0.39, 0.29) is 5.97 Å². The quantitative estimate of drug-likeness (QED) is 0.0397. The van der Waals surface area contributed by atoms with Gasteiger partial charge in [0.15, 0.2) is 0 Å². The Morgan fingerprint density at radius 1 is 0.388 bits per heavy atom. The molecule has 292 valence electrons. The molecule has 0 heterocycles. The molecule has 0 atom stereocenters. The number of hydrogen-bond donors (Lipinski definition) is 1. The van der Waals surface area contributed by atoms with Gasteiger partial charge in [-0.25, -0.2) is 0 Å². The molecule has 0 saturated heterocycles. The van der Waals surface area contributed by atoms with Crippen LogP contribution < -0.4 is 0 Å². The summed E-state index contributed by atoms with van der Waals surface area (Å²) in [5.74, 6) is 0.00979. The Kier molecular flexibility index (Phi) is 50.0. The zero-order chi connectivity index (χ0) is 36.0. The van der Waals surface area contributed by atoms with Crippen molar-refractivity contribution >= 4 is 5.97 Å². The molecule has 0 unspecified atom stereocenters. The van der Waals surface area contributed by atoms with Crippen molar-refractivity contribution in [2.45, 2.75) is 252 Å². The normalized spacial score (nSPS) is 11.4. The topological polar surface area (TPSA) is 46.5 Å². The number of hydrogen-bond acceptors (Lipinski definition) is 3. The monoisotopic (exact) mass is 691 g/mol. The summed E-state index contributed by atoms with van der Waals surface area (Å²) in [6.07, 6.45) is 55.6. The second-order valence-electron chi connectivity index (χ2n) is 14.7. The molecular weight excluding hydrogens is 601 g/mol. The van der Waals surface area contributed by atoms with Gasteiger partial charge in [0.05, 0.1) is 6.61 Å². The van der Waals surface area contributed by atoms with Gasteiger partial charge in [-0.3, -0.25) is 4.79 Å². The first-order valence-electron chi connectivity index (χ1n) is 22.3. The SMILES string of the molecule is CCCCCCCC/C=C\CCCCCCCC(=O)OCCCCCCCCCC.CCCCCCCC/C=C\CCCCCCCCO. The zero-order valence-electron chi connectivity index (χ0n) is 33.9. The lowest BCUT2D eigenvalue weighted by Gasteiger charge is -2.05. The molecule has 0 bridgehead atoms. The van der Waals surface area contributed by atoms with E-state index in [0.717, 1.165) is 25.7 Å². The second kappa shape index (κ2) is 49.0. The van der Waals surface area contributed by atoms with Crippen molar-refractivity contribution in [1.82, 2.24) is 0 Å². The van der Waals surface area contributed by atoms with Crippen LogP contribution in [0.1, 0.15) is 252 Å². The number of rotatable bonds is 39. The number of carbonyl (C=O) groups excluding carboxylic acids is 1. The van der Waals surface area contributed by atoms with Crippen LogP contribution in [0.3, 0.4) is 0 Å². The summed E-state index contributed by atoms with van der Waals surface area (Å²) in [6.45, 7) is 7.79. The van der Waals surface area contributed by atoms with Crippen LogP contribution in [-0.2, 0) is 9.53 Å². The van der Waals surface area contributed by atoms with Gasteiger partial charge in [0.1, 0.15) is 0 Å². The lowest BCUT2D eigenvalue weighted by atomic mass is 10.1. The first-order valence-corrected chi connectivity index (χ1v) is 22.3. The van der Waals surface area contributed by atoms with E-state index in [4.69, 9.17) is 9.84 Å². The largest absolute Gasteiger partial charge is 0.466 e. The Morgan fingerprint density at radius 3 is 1.02 bits per heavy atom. The van der Waals surface area contributed by atoms with Crippen molar-refractivity contribution in [1.29, 1.82) is 0 Å². The van der Waals surface area contributed by atoms with E-state index >= 15 is 0 Å². The van der Waals surface area contributed by atoms with E-state index in [1.165, 1.54) is 199 Å². The maximum atomic E-state index is 11.8. The standard InChI is InChI=1S/C28H54O2.C18H36O/c1-3-5-7-9-11-13-14-15-16-17-18-19-20-22-24-26-28(29)30-27-25-23-21-12-10-8-6-4-2;1-2-3-4-5-6-7-8-9-10-11-12-13-14-15-16-17-18-19/h15-16H,3-14,17-27H2,1-2H3;9-10,19H,2-8,11-18H2,1H3/b16-15-;10-9-. The van der Waals surface area contributed by atoms with E-state index in [0.29, 0.717) is 19.6 Å². The number of unbranched alkanes of at least 4 members (excludes halogenated alkanes) is 30.